The smallest absolute Gasteiger partial charge is 0.128 e. The molecule has 0 bridgehead atoms. The van der Waals surface area contributed by atoms with Crippen molar-refractivity contribution >= 4 is 11.8 Å². The van der Waals surface area contributed by atoms with Crippen molar-refractivity contribution < 1.29 is 14.2 Å². The molecule has 1 saturated heterocycles. The molecule has 1 fully saturated rings. The lowest BCUT2D eigenvalue weighted by Gasteiger charge is -2.42. The van der Waals surface area contributed by atoms with Crippen molar-refractivity contribution in [3.05, 3.63) is 29.6 Å². The second-order valence-electron chi connectivity index (χ2n) is 4.84. The van der Waals surface area contributed by atoms with Crippen LogP contribution in [0.15, 0.2) is 18.2 Å². The largest absolute Gasteiger partial charge is 0.486 e. The van der Waals surface area contributed by atoms with E-state index in [1.54, 1.807) is 6.07 Å². The number of fused-ring (bicyclic) bond motifs is 1. The van der Waals surface area contributed by atoms with Crippen molar-refractivity contribution in [2.24, 2.45) is 0 Å². The predicted molar refractivity (Wildman–Crippen MR) is 65.9 cm³/mol. The van der Waals surface area contributed by atoms with Gasteiger partial charge in [-0.2, -0.15) is 11.8 Å². The fourth-order valence-electron chi connectivity index (χ4n) is 2.68. The van der Waals surface area contributed by atoms with E-state index in [0.29, 0.717) is 17.7 Å². The number of thioether (sulfide) groups is 1. The Labute approximate surface area is 104 Å². The van der Waals surface area contributed by atoms with Crippen LogP contribution in [0.1, 0.15) is 30.9 Å². The zero-order valence-corrected chi connectivity index (χ0v) is 10.3. The van der Waals surface area contributed by atoms with E-state index in [2.05, 4.69) is 0 Å². The number of hydrogen-bond acceptors (Lipinski definition) is 3. The second-order valence-corrected chi connectivity index (χ2v) is 5.95. The zero-order chi connectivity index (χ0) is 11.9. The molecule has 2 unspecified atom stereocenters. The summed E-state index contributed by atoms with van der Waals surface area (Å²) in [5, 5.41) is 10.2. The van der Waals surface area contributed by atoms with Crippen LogP contribution in [0.2, 0.25) is 0 Å². The average Bonchev–Trinajstić information content (AvgIpc) is 2.29. The number of halogens is 1. The highest BCUT2D eigenvalue weighted by atomic mass is 32.2. The lowest BCUT2D eigenvalue weighted by molar-refractivity contribution is -0.00580. The summed E-state index contributed by atoms with van der Waals surface area (Å²) < 4.78 is 19.2. The zero-order valence-electron chi connectivity index (χ0n) is 9.49. The molecule has 1 aromatic rings. The number of benzene rings is 1. The standard InChI is InChI=1S/C13H15FO2S/c14-9-2-3-10-11(15)7-13(16-12(10)6-9)4-1-5-17-8-13/h2-3,6,11,15H,1,4-5,7-8H2. The Morgan fingerprint density at radius 2 is 2.35 bits per heavy atom. The molecule has 2 aliphatic heterocycles. The molecule has 17 heavy (non-hydrogen) atoms. The van der Waals surface area contributed by atoms with E-state index >= 15 is 0 Å². The van der Waals surface area contributed by atoms with Crippen LogP contribution in [0.5, 0.6) is 5.75 Å². The molecule has 2 aliphatic rings. The van der Waals surface area contributed by atoms with Crippen molar-refractivity contribution in [1.82, 2.24) is 0 Å². The van der Waals surface area contributed by atoms with Crippen molar-refractivity contribution in [3.8, 4) is 5.75 Å². The van der Waals surface area contributed by atoms with Crippen LogP contribution in [0.3, 0.4) is 0 Å². The predicted octanol–water partition coefficient (Wildman–Crippen LogP) is 2.91. The molecule has 92 valence electrons. The lowest BCUT2D eigenvalue weighted by atomic mass is 9.86. The van der Waals surface area contributed by atoms with Crippen molar-refractivity contribution in [1.29, 1.82) is 0 Å². The quantitative estimate of drug-likeness (QED) is 0.772. The van der Waals surface area contributed by atoms with Crippen LogP contribution >= 0.6 is 11.8 Å². The molecular formula is C13H15FO2S. The van der Waals surface area contributed by atoms with Crippen LogP contribution in [0.4, 0.5) is 4.39 Å². The van der Waals surface area contributed by atoms with Gasteiger partial charge in [0, 0.05) is 23.8 Å². The van der Waals surface area contributed by atoms with Crippen LogP contribution in [-0.2, 0) is 0 Å². The maximum absolute atomic E-state index is 13.2. The maximum Gasteiger partial charge on any atom is 0.128 e. The van der Waals surface area contributed by atoms with Gasteiger partial charge in [0.05, 0.1) is 6.10 Å². The Morgan fingerprint density at radius 3 is 3.12 bits per heavy atom. The van der Waals surface area contributed by atoms with Crippen LogP contribution in [0, 0.1) is 5.82 Å². The molecule has 4 heteroatoms. The summed E-state index contributed by atoms with van der Waals surface area (Å²) in [7, 11) is 0. The van der Waals surface area contributed by atoms with E-state index in [4.69, 9.17) is 4.74 Å². The molecule has 2 atom stereocenters. The minimum atomic E-state index is -0.530. The molecule has 0 amide bonds. The van der Waals surface area contributed by atoms with Crippen LogP contribution in [-0.4, -0.2) is 22.2 Å². The van der Waals surface area contributed by atoms with Crippen LogP contribution in [0.25, 0.3) is 0 Å². The molecule has 0 aliphatic carbocycles. The normalized spacial score (nSPS) is 32.0. The van der Waals surface area contributed by atoms with E-state index in [0.717, 1.165) is 24.3 Å². The van der Waals surface area contributed by atoms with Gasteiger partial charge in [-0.3, -0.25) is 0 Å². The summed E-state index contributed by atoms with van der Waals surface area (Å²) in [5.74, 6) is 2.25. The summed E-state index contributed by atoms with van der Waals surface area (Å²) in [6.45, 7) is 0. The van der Waals surface area contributed by atoms with Crippen molar-refractivity contribution in [2.45, 2.75) is 31.0 Å². The first-order chi connectivity index (χ1) is 8.19. The fourth-order valence-corrected chi connectivity index (χ4v) is 3.86. The minimum Gasteiger partial charge on any atom is -0.486 e. The van der Waals surface area contributed by atoms with E-state index < -0.39 is 6.10 Å². The van der Waals surface area contributed by atoms with Crippen molar-refractivity contribution in [2.75, 3.05) is 11.5 Å². The van der Waals surface area contributed by atoms with E-state index in [-0.39, 0.29) is 11.4 Å². The minimum absolute atomic E-state index is 0.289. The maximum atomic E-state index is 13.2. The van der Waals surface area contributed by atoms with Gasteiger partial charge in [-0.1, -0.05) is 0 Å². The molecule has 0 saturated carbocycles. The number of hydrogen-bond donors (Lipinski definition) is 1. The first-order valence-electron chi connectivity index (χ1n) is 5.93. The highest BCUT2D eigenvalue weighted by Crippen LogP contribution is 2.45. The van der Waals surface area contributed by atoms with E-state index in [9.17, 15) is 9.50 Å². The molecule has 1 spiro atoms. The summed E-state index contributed by atoms with van der Waals surface area (Å²) in [4.78, 5) is 0. The summed E-state index contributed by atoms with van der Waals surface area (Å²) in [6.07, 6.45) is 2.14. The molecule has 0 radical (unpaired) electrons. The van der Waals surface area contributed by atoms with Gasteiger partial charge < -0.3 is 9.84 Å². The Kier molecular flexibility index (Phi) is 2.79. The van der Waals surface area contributed by atoms with Gasteiger partial charge >= 0.3 is 0 Å². The van der Waals surface area contributed by atoms with Gasteiger partial charge in [-0.15, -0.1) is 0 Å². The Balaban J connectivity index is 1.95. The Bertz CT molecular complexity index is 429. The number of aliphatic hydroxyl groups is 1. The van der Waals surface area contributed by atoms with Crippen LogP contribution < -0.4 is 4.74 Å². The molecule has 0 aromatic heterocycles. The van der Waals surface area contributed by atoms with Gasteiger partial charge in [0.1, 0.15) is 17.2 Å². The SMILES string of the molecule is OC1CC2(CCCSC2)Oc2cc(F)ccc21. The highest BCUT2D eigenvalue weighted by Gasteiger charge is 2.41. The van der Waals surface area contributed by atoms with E-state index in [1.807, 2.05) is 11.8 Å². The Morgan fingerprint density at radius 1 is 1.47 bits per heavy atom. The summed E-state index contributed by atoms with van der Waals surface area (Å²) in [5.41, 5.74) is 0.427. The monoisotopic (exact) mass is 254 g/mol. The average molecular weight is 254 g/mol. The topological polar surface area (TPSA) is 29.5 Å². The molecule has 1 N–H and O–H groups in total. The molecule has 3 rings (SSSR count). The number of aliphatic hydroxyl groups excluding tert-OH is 1. The van der Waals surface area contributed by atoms with Gasteiger partial charge in [0.15, 0.2) is 0 Å². The van der Waals surface area contributed by atoms with E-state index in [1.165, 1.54) is 12.1 Å². The van der Waals surface area contributed by atoms with Crippen molar-refractivity contribution in [3.63, 3.8) is 0 Å². The number of rotatable bonds is 0. The molecular weight excluding hydrogens is 239 g/mol. The lowest BCUT2D eigenvalue weighted by Crippen LogP contribution is -2.45. The van der Waals surface area contributed by atoms with Gasteiger partial charge in [0.25, 0.3) is 0 Å². The molecule has 2 nitrogen and oxygen atoms in total. The summed E-state index contributed by atoms with van der Waals surface area (Å²) in [6, 6.07) is 4.38. The third-order valence-corrected chi connectivity index (χ3v) is 4.82. The first-order valence-corrected chi connectivity index (χ1v) is 7.08. The second kappa shape index (κ2) is 4.18. The summed E-state index contributed by atoms with van der Waals surface area (Å²) >= 11 is 1.85. The van der Waals surface area contributed by atoms with Gasteiger partial charge in [-0.25, -0.2) is 4.39 Å². The first kappa shape index (κ1) is 11.4. The van der Waals surface area contributed by atoms with Gasteiger partial charge in [-0.05, 0) is 30.7 Å². The third-order valence-electron chi connectivity index (χ3n) is 3.51. The molecule has 2 heterocycles. The Hall–Kier alpha value is -0.740. The highest BCUT2D eigenvalue weighted by molar-refractivity contribution is 7.99. The number of ether oxygens (including phenoxy) is 1. The molecule has 1 aromatic carbocycles. The van der Waals surface area contributed by atoms with Gasteiger partial charge in [0.2, 0.25) is 0 Å². The third kappa shape index (κ3) is 2.04. The fraction of sp³-hybridized carbons (Fsp3) is 0.538.